The largest absolute Gasteiger partial charge is 0.355 e. The van der Waals surface area contributed by atoms with Gasteiger partial charge in [-0.3, -0.25) is 9.59 Å². The third kappa shape index (κ3) is 4.34. The second-order valence-electron chi connectivity index (χ2n) is 5.89. The fourth-order valence-electron chi connectivity index (χ4n) is 2.47. The van der Waals surface area contributed by atoms with Crippen LogP contribution in [0.3, 0.4) is 0 Å². The van der Waals surface area contributed by atoms with E-state index in [-0.39, 0.29) is 18.2 Å². The SMILES string of the molecule is CNC(=O)c1cccc(NC(=O)Cc2csc(-c3ccc(C)cc3)n2)c1. The minimum atomic E-state index is -0.191. The first-order valence-corrected chi connectivity index (χ1v) is 9.06. The van der Waals surface area contributed by atoms with Gasteiger partial charge in [0.1, 0.15) is 5.01 Å². The molecular formula is C20H19N3O2S. The van der Waals surface area contributed by atoms with Crippen LogP contribution in [0.15, 0.2) is 53.9 Å². The lowest BCUT2D eigenvalue weighted by Gasteiger charge is -2.06. The van der Waals surface area contributed by atoms with Crippen molar-refractivity contribution in [3.8, 4) is 10.6 Å². The van der Waals surface area contributed by atoms with Crippen molar-refractivity contribution < 1.29 is 9.59 Å². The number of rotatable bonds is 5. The average Bonchev–Trinajstić information content (AvgIpc) is 3.10. The summed E-state index contributed by atoms with van der Waals surface area (Å²) in [6.07, 6.45) is 0.187. The van der Waals surface area contributed by atoms with Crippen molar-refractivity contribution >= 4 is 28.8 Å². The fourth-order valence-corrected chi connectivity index (χ4v) is 3.29. The highest BCUT2D eigenvalue weighted by Crippen LogP contribution is 2.24. The Morgan fingerprint density at radius 3 is 2.62 bits per heavy atom. The van der Waals surface area contributed by atoms with E-state index in [4.69, 9.17) is 0 Å². The molecule has 1 heterocycles. The predicted molar refractivity (Wildman–Crippen MR) is 104 cm³/mol. The zero-order valence-electron chi connectivity index (χ0n) is 14.6. The summed E-state index contributed by atoms with van der Waals surface area (Å²) < 4.78 is 0. The van der Waals surface area contributed by atoms with Gasteiger partial charge in [0.15, 0.2) is 0 Å². The number of hydrogen-bond acceptors (Lipinski definition) is 4. The van der Waals surface area contributed by atoms with Gasteiger partial charge in [-0.1, -0.05) is 35.9 Å². The van der Waals surface area contributed by atoms with Gasteiger partial charge in [-0.2, -0.15) is 0 Å². The Balaban J connectivity index is 1.65. The third-order valence-corrected chi connectivity index (χ3v) is 4.77. The predicted octanol–water partition coefficient (Wildman–Crippen LogP) is 3.66. The maximum atomic E-state index is 12.3. The molecule has 0 aliphatic heterocycles. The normalized spacial score (nSPS) is 10.4. The molecule has 0 radical (unpaired) electrons. The zero-order valence-corrected chi connectivity index (χ0v) is 15.4. The molecule has 3 aromatic rings. The molecule has 0 spiro atoms. The van der Waals surface area contributed by atoms with Crippen molar-refractivity contribution in [3.63, 3.8) is 0 Å². The molecule has 0 atom stereocenters. The first-order chi connectivity index (χ1) is 12.5. The van der Waals surface area contributed by atoms with Crippen LogP contribution in [0.4, 0.5) is 5.69 Å². The third-order valence-electron chi connectivity index (χ3n) is 3.83. The number of aromatic nitrogens is 1. The van der Waals surface area contributed by atoms with Crippen LogP contribution in [-0.4, -0.2) is 23.8 Å². The van der Waals surface area contributed by atoms with E-state index < -0.39 is 0 Å². The molecule has 0 bridgehead atoms. The van der Waals surface area contributed by atoms with Gasteiger partial charge in [-0.15, -0.1) is 11.3 Å². The van der Waals surface area contributed by atoms with Crippen LogP contribution in [0.1, 0.15) is 21.6 Å². The number of amides is 2. The molecule has 0 aliphatic rings. The Labute approximate surface area is 156 Å². The highest BCUT2D eigenvalue weighted by molar-refractivity contribution is 7.13. The molecule has 6 heteroatoms. The molecule has 1 aromatic heterocycles. The molecule has 0 saturated heterocycles. The minimum Gasteiger partial charge on any atom is -0.355 e. The van der Waals surface area contributed by atoms with Gasteiger partial charge in [0.25, 0.3) is 5.91 Å². The Bertz CT molecular complexity index is 932. The van der Waals surface area contributed by atoms with Crippen molar-refractivity contribution in [2.75, 3.05) is 12.4 Å². The first-order valence-electron chi connectivity index (χ1n) is 8.18. The number of benzene rings is 2. The number of hydrogen-bond donors (Lipinski definition) is 2. The van der Waals surface area contributed by atoms with Crippen LogP contribution >= 0.6 is 11.3 Å². The molecule has 0 saturated carbocycles. The van der Waals surface area contributed by atoms with Gasteiger partial charge in [0.2, 0.25) is 5.91 Å². The number of thiazole rings is 1. The fraction of sp³-hybridized carbons (Fsp3) is 0.150. The highest BCUT2D eigenvalue weighted by atomic mass is 32.1. The summed E-state index contributed by atoms with van der Waals surface area (Å²) in [6.45, 7) is 2.04. The van der Waals surface area contributed by atoms with E-state index in [0.717, 1.165) is 16.3 Å². The molecule has 2 amide bonds. The van der Waals surface area contributed by atoms with Crippen LogP contribution in [0.2, 0.25) is 0 Å². The Kier molecular flexibility index (Phi) is 5.43. The summed E-state index contributed by atoms with van der Waals surface area (Å²) >= 11 is 1.52. The summed E-state index contributed by atoms with van der Waals surface area (Å²) in [6, 6.07) is 15.0. The minimum absolute atomic E-state index is 0.167. The Morgan fingerprint density at radius 2 is 1.88 bits per heavy atom. The number of anilines is 1. The number of aryl methyl sites for hydroxylation is 1. The van der Waals surface area contributed by atoms with Crippen molar-refractivity contribution in [2.24, 2.45) is 0 Å². The smallest absolute Gasteiger partial charge is 0.251 e. The van der Waals surface area contributed by atoms with Crippen molar-refractivity contribution in [2.45, 2.75) is 13.3 Å². The maximum Gasteiger partial charge on any atom is 0.251 e. The Morgan fingerprint density at radius 1 is 1.12 bits per heavy atom. The van der Waals surface area contributed by atoms with E-state index in [1.54, 1.807) is 31.3 Å². The number of nitrogens with one attached hydrogen (secondary N) is 2. The van der Waals surface area contributed by atoms with Crippen LogP contribution in [0.25, 0.3) is 10.6 Å². The topological polar surface area (TPSA) is 71.1 Å². The summed E-state index contributed by atoms with van der Waals surface area (Å²) in [5.41, 5.74) is 4.06. The Hall–Kier alpha value is -2.99. The van der Waals surface area contributed by atoms with E-state index in [1.807, 2.05) is 36.6 Å². The monoisotopic (exact) mass is 365 g/mol. The molecule has 0 unspecified atom stereocenters. The molecular weight excluding hydrogens is 346 g/mol. The lowest BCUT2D eigenvalue weighted by Crippen LogP contribution is -2.19. The standard InChI is InChI=1S/C20H19N3O2S/c1-13-6-8-14(9-7-13)20-23-17(12-26-20)11-18(24)22-16-5-3-4-15(10-16)19(25)21-2/h3-10,12H,11H2,1-2H3,(H,21,25)(H,22,24). The molecule has 132 valence electrons. The van der Waals surface area contributed by atoms with Gasteiger partial charge < -0.3 is 10.6 Å². The molecule has 2 aromatic carbocycles. The lowest BCUT2D eigenvalue weighted by atomic mass is 10.1. The van der Waals surface area contributed by atoms with Crippen LogP contribution in [0.5, 0.6) is 0 Å². The second-order valence-corrected chi connectivity index (χ2v) is 6.75. The molecule has 3 rings (SSSR count). The van der Waals surface area contributed by atoms with E-state index in [9.17, 15) is 9.59 Å². The van der Waals surface area contributed by atoms with E-state index in [2.05, 4.69) is 15.6 Å². The lowest BCUT2D eigenvalue weighted by molar-refractivity contribution is -0.115. The van der Waals surface area contributed by atoms with Crippen molar-refractivity contribution in [3.05, 3.63) is 70.7 Å². The van der Waals surface area contributed by atoms with Gasteiger partial charge in [-0.25, -0.2) is 4.98 Å². The summed E-state index contributed by atoms with van der Waals surface area (Å²) in [5.74, 6) is -0.358. The number of carbonyl (C=O) groups excluding carboxylic acids is 2. The summed E-state index contributed by atoms with van der Waals surface area (Å²) in [4.78, 5) is 28.5. The molecule has 2 N–H and O–H groups in total. The first kappa shape index (κ1) is 17.8. The van der Waals surface area contributed by atoms with Gasteiger partial charge in [-0.05, 0) is 25.1 Å². The van der Waals surface area contributed by atoms with Crippen LogP contribution in [-0.2, 0) is 11.2 Å². The zero-order chi connectivity index (χ0) is 18.5. The van der Waals surface area contributed by atoms with Gasteiger partial charge in [0.05, 0.1) is 12.1 Å². The average molecular weight is 365 g/mol. The van der Waals surface area contributed by atoms with E-state index in [0.29, 0.717) is 11.3 Å². The van der Waals surface area contributed by atoms with Crippen LogP contribution in [0, 0.1) is 6.92 Å². The van der Waals surface area contributed by atoms with Crippen LogP contribution < -0.4 is 10.6 Å². The molecule has 5 nitrogen and oxygen atoms in total. The second kappa shape index (κ2) is 7.93. The summed E-state index contributed by atoms with van der Waals surface area (Å²) in [5, 5.41) is 8.17. The molecule has 26 heavy (non-hydrogen) atoms. The van der Waals surface area contributed by atoms with Crippen molar-refractivity contribution in [1.29, 1.82) is 0 Å². The molecule has 0 aliphatic carbocycles. The number of carbonyl (C=O) groups is 2. The number of nitrogens with zero attached hydrogens (tertiary/aromatic N) is 1. The quantitative estimate of drug-likeness (QED) is 0.725. The van der Waals surface area contributed by atoms with Gasteiger partial charge in [0, 0.05) is 29.2 Å². The molecule has 0 fully saturated rings. The summed E-state index contributed by atoms with van der Waals surface area (Å²) in [7, 11) is 1.57. The van der Waals surface area contributed by atoms with E-state index >= 15 is 0 Å². The van der Waals surface area contributed by atoms with Gasteiger partial charge >= 0.3 is 0 Å². The van der Waals surface area contributed by atoms with Crippen molar-refractivity contribution in [1.82, 2.24) is 10.3 Å². The van der Waals surface area contributed by atoms with E-state index in [1.165, 1.54) is 16.9 Å². The highest BCUT2D eigenvalue weighted by Gasteiger charge is 2.10. The maximum absolute atomic E-state index is 12.3.